The van der Waals surface area contributed by atoms with Crippen LogP contribution in [0.3, 0.4) is 0 Å². The van der Waals surface area contributed by atoms with Crippen LogP contribution in [-0.2, 0) is 9.59 Å². The predicted molar refractivity (Wildman–Crippen MR) is 153 cm³/mol. The number of carbonyl (C=O) groups is 4. The van der Waals surface area contributed by atoms with Crippen LogP contribution in [0.15, 0.2) is 94.9 Å². The average Bonchev–Trinajstić information content (AvgIpc) is 2.91. The highest BCUT2D eigenvalue weighted by atomic mass is 16.2. The quantitative estimate of drug-likeness (QED) is 0.295. The van der Waals surface area contributed by atoms with Gasteiger partial charge in [-0.3, -0.25) is 28.3 Å². The van der Waals surface area contributed by atoms with Crippen LogP contribution in [0.25, 0.3) is 44.1 Å². The van der Waals surface area contributed by atoms with Gasteiger partial charge >= 0.3 is 0 Å². The van der Waals surface area contributed by atoms with E-state index in [0.29, 0.717) is 32.9 Å². The monoisotopic (exact) mass is 530 g/mol. The topological polar surface area (TPSA) is 103 Å². The first-order valence-corrected chi connectivity index (χ1v) is 12.7. The molecule has 198 valence electrons. The van der Waals surface area contributed by atoms with Gasteiger partial charge in [-0.05, 0) is 35.4 Å². The van der Waals surface area contributed by atoms with E-state index < -0.39 is 11.8 Å². The van der Waals surface area contributed by atoms with Crippen molar-refractivity contribution in [2.24, 2.45) is 9.98 Å². The second kappa shape index (κ2) is 10.5. The molecule has 5 rings (SSSR count). The van der Waals surface area contributed by atoms with Gasteiger partial charge in [0.05, 0.1) is 11.0 Å². The number of nitrogens with zero attached hydrogens (tertiary/aromatic N) is 4. The maximum Gasteiger partial charge on any atom is 0.244 e. The minimum atomic E-state index is -0.457. The van der Waals surface area contributed by atoms with Gasteiger partial charge in [-0.25, -0.2) is 0 Å². The van der Waals surface area contributed by atoms with Crippen molar-refractivity contribution in [3.63, 3.8) is 0 Å². The molecule has 5 aromatic rings. The number of hydrogen-bond donors (Lipinski definition) is 0. The average molecular weight is 531 g/mol. The van der Waals surface area contributed by atoms with Crippen molar-refractivity contribution < 1.29 is 19.2 Å². The number of aromatic nitrogens is 2. The smallest absolute Gasteiger partial charge is 0.244 e. The summed E-state index contributed by atoms with van der Waals surface area (Å²) in [5.74, 6) is -1.63. The van der Waals surface area contributed by atoms with Gasteiger partial charge in [-0.2, -0.15) is 9.98 Å². The van der Waals surface area contributed by atoms with Crippen LogP contribution >= 0.6 is 0 Å². The Kier molecular flexibility index (Phi) is 6.92. The number of benzene rings is 3. The lowest BCUT2D eigenvalue weighted by Crippen LogP contribution is -2.30. The SMILES string of the molecule is CC(=O)N=c1c(-c2ccccc2)cc2cc3cc(-c4ccccc4)c(=NC(C)=O)n(C(C)=O)c3cc2n1C(C)=O. The van der Waals surface area contributed by atoms with Crippen molar-refractivity contribution in [2.75, 3.05) is 0 Å². The van der Waals surface area contributed by atoms with Crippen molar-refractivity contribution in [3.05, 3.63) is 95.9 Å². The molecule has 2 heterocycles. The second-order valence-electron chi connectivity index (χ2n) is 9.44. The zero-order valence-corrected chi connectivity index (χ0v) is 22.5. The molecule has 3 aromatic carbocycles. The fraction of sp³-hybridized carbons (Fsp3) is 0.125. The molecule has 0 fully saturated rings. The molecule has 2 aromatic heterocycles. The van der Waals surface area contributed by atoms with Crippen molar-refractivity contribution in [1.82, 2.24) is 9.13 Å². The molecule has 0 bridgehead atoms. The van der Waals surface area contributed by atoms with Crippen molar-refractivity contribution in [2.45, 2.75) is 27.7 Å². The van der Waals surface area contributed by atoms with Gasteiger partial charge in [0.1, 0.15) is 0 Å². The van der Waals surface area contributed by atoms with Crippen molar-refractivity contribution in [3.8, 4) is 22.3 Å². The Balaban J connectivity index is 2.04. The van der Waals surface area contributed by atoms with Crippen LogP contribution in [0.1, 0.15) is 37.3 Å². The van der Waals surface area contributed by atoms with Crippen LogP contribution in [0.4, 0.5) is 0 Å². The first kappa shape index (κ1) is 26.4. The molecule has 8 nitrogen and oxygen atoms in total. The summed E-state index contributed by atoms with van der Waals surface area (Å²) in [5, 5.41) is 1.41. The highest BCUT2D eigenvalue weighted by Gasteiger charge is 2.18. The Hall–Kier alpha value is -5.24. The van der Waals surface area contributed by atoms with Crippen LogP contribution in [0.5, 0.6) is 0 Å². The zero-order valence-electron chi connectivity index (χ0n) is 22.5. The summed E-state index contributed by atoms with van der Waals surface area (Å²) < 4.78 is 2.77. The molecular weight excluding hydrogens is 504 g/mol. The normalized spacial score (nSPS) is 12.2. The second-order valence-corrected chi connectivity index (χ2v) is 9.44. The number of hydrogen-bond acceptors (Lipinski definition) is 4. The minimum Gasteiger partial charge on any atom is -0.274 e. The lowest BCUT2D eigenvalue weighted by atomic mass is 10.0. The molecular formula is C32H26N4O4. The summed E-state index contributed by atoms with van der Waals surface area (Å²) >= 11 is 0. The van der Waals surface area contributed by atoms with Gasteiger partial charge in [0.2, 0.25) is 23.6 Å². The van der Waals surface area contributed by atoms with Gasteiger partial charge in [-0.1, -0.05) is 60.7 Å². The van der Waals surface area contributed by atoms with Crippen LogP contribution in [0, 0.1) is 0 Å². The summed E-state index contributed by atoms with van der Waals surface area (Å²) in [4.78, 5) is 59.1. The molecule has 0 aliphatic carbocycles. The van der Waals surface area contributed by atoms with Gasteiger partial charge in [0.15, 0.2) is 11.0 Å². The third-order valence-electron chi connectivity index (χ3n) is 6.49. The number of pyridine rings is 2. The van der Waals surface area contributed by atoms with Gasteiger partial charge in [0, 0.05) is 49.6 Å². The Morgan fingerprint density at radius 2 is 0.900 bits per heavy atom. The Bertz CT molecular complexity index is 1860. The standard InChI is InChI=1S/C32H26N4O4/c1-19(37)33-31-27(23-11-7-5-8-12-23)16-25-15-26-17-28(24-13-9-6-10-14-24)32(34-20(2)38)36(22(4)40)30(26)18-29(25)35(31)21(3)39/h5-18H,1-4H3. The molecule has 0 aliphatic rings. The zero-order chi connectivity index (χ0) is 28.6. The molecule has 0 saturated carbocycles. The molecule has 0 spiro atoms. The summed E-state index contributed by atoms with van der Waals surface area (Å²) in [6.07, 6.45) is 0. The maximum absolute atomic E-state index is 13.1. The van der Waals surface area contributed by atoms with Gasteiger partial charge < -0.3 is 0 Å². The summed E-state index contributed by atoms with van der Waals surface area (Å²) in [5.41, 5.74) is 4.11. The van der Waals surface area contributed by atoms with E-state index in [2.05, 4.69) is 9.98 Å². The number of carbonyl (C=O) groups excluding carboxylic acids is 4. The highest BCUT2D eigenvalue weighted by Crippen LogP contribution is 2.28. The van der Waals surface area contributed by atoms with E-state index in [1.54, 1.807) is 6.07 Å². The summed E-state index contributed by atoms with van der Waals surface area (Å²) in [7, 11) is 0. The number of fused-ring (bicyclic) bond motifs is 2. The first-order chi connectivity index (χ1) is 19.2. The largest absolute Gasteiger partial charge is 0.274 e. The molecule has 0 aliphatic heterocycles. The van der Waals surface area contributed by atoms with E-state index in [1.807, 2.05) is 78.9 Å². The highest BCUT2D eigenvalue weighted by molar-refractivity contribution is 6.04. The predicted octanol–water partition coefficient (Wildman–Crippen LogP) is 5.14. The molecule has 0 unspecified atom stereocenters. The van der Waals surface area contributed by atoms with E-state index in [4.69, 9.17) is 0 Å². The molecule has 0 atom stereocenters. The molecule has 40 heavy (non-hydrogen) atoms. The third-order valence-corrected chi connectivity index (χ3v) is 6.49. The number of amides is 2. The van der Waals surface area contributed by atoms with E-state index in [0.717, 1.165) is 11.1 Å². The minimum absolute atomic E-state index is 0.196. The summed E-state index contributed by atoms with van der Waals surface area (Å²) in [6.45, 7) is 5.44. The van der Waals surface area contributed by atoms with Gasteiger partial charge in [-0.15, -0.1) is 0 Å². The van der Waals surface area contributed by atoms with E-state index >= 15 is 0 Å². The number of rotatable bonds is 2. The van der Waals surface area contributed by atoms with Crippen LogP contribution < -0.4 is 11.0 Å². The fourth-order valence-electron chi connectivity index (χ4n) is 4.96. The molecule has 0 radical (unpaired) electrons. The lowest BCUT2D eigenvalue weighted by Gasteiger charge is -2.17. The Morgan fingerprint density at radius 1 is 0.525 bits per heavy atom. The lowest BCUT2D eigenvalue weighted by molar-refractivity contribution is -0.116. The van der Waals surface area contributed by atoms with Crippen LogP contribution in [-0.4, -0.2) is 32.8 Å². The van der Waals surface area contributed by atoms with Crippen LogP contribution in [0.2, 0.25) is 0 Å². The van der Waals surface area contributed by atoms with Crippen molar-refractivity contribution >= 4 is 45.4 Å². The molecule has 0 saturated heterocycles. The third kappa shape index (κ3) is 4.82. The van der Waals surface area contributed by atoms with E-state index in [1.165, 1.54) is 36.8 Å². The molecule has 8 heteroatoms. The Labute approximate surface area is 229 Å². The molecule has 0 N–H and O–H groups in total. The van der Waals surface area contributed by atoms with Gasteiger partial charge in [0.25, 0.3) is 0 Å². The Morgan fingerprint density at radius 3 is 1.23 bits per heavy atom. The fourth-order valence-corrected chi connectivity index (χ4v) is 4.96. The maximum atomic E-state index is 13.1. The first-order valence-electron chi connectivity index (χ1n) is 12.7. The summed E-state index contributed by atoms with van der Waals surface area (Å²) in [6, 6.07) is 26.2. The molecule has 2 amide bonds. The van der Waals surface area contributed by atoms with E-state index in [-0.39, 0.29) is 22.8 Å². The van der Waals surface area contributed by atoms with E-state index in [9.17, 15) is 19.2 Å². The van der Waals surface area contributed by atoms with Crippen molar-refractivity contribution in [1.29, 1.82) is 0 Å².